The van der Waals surface area contributed by atoms with Crippen LogP contribution in [0.4, 0.5) is 0 Å². The average molecular weight is 249 g/mol. The van der Waals surface area contributed by atoms with Gasteiger partial charge in [-0.05, 0) is 24.3 Å². The Morgan fingerprint density at radius 2 is 2.41 bits per heavy atom. The van der Waals surface area contributed by atoms with Gasteiger partial charge in [0.2, 0.25) is 0 Å². The Balaban J connectivity index is 2.25. The number of carboxylic acid groups (broad SMARTS) is 1. The number of hydrogen-bond acceptors (Lipinski definition) is 4. The van der Waals surface area contributed by atoms with Crippen LogP contribution in [-0.4, -0.2) is 23.2 Å². The normalized spacial score (nSPS) is 11.1. The zero-order valence-electron chi connectivity index (χ0n) is 9.21. The van der Waals surface area contributed by atoms with Crippen LogP contribution < -0.4 is 4.74 Å². The van der Waals surface area contributed by atoms with Gasteiger partial charge in [-0.2, -0.15) is 0 Å². The summed E-state index contributed by atoms with van der Waals surface area (Å²) in [6, 6.07) is 5.66. The van der Waals surface area contributed by atoms with Crippen LogP contribution in [0.2, 0.25) is 0 Å². The van der Waals surface area contributed by atoms with Gasteiger partial charge in [0.15, 0.2) is 0 Å². The predicted octanol–water partition coefficient (Wildman–Crippen LogP) is 2.79. The van der Waals surface area contributed by atoms with Crippen molar-refractivity contribution in [1.82, 2.24) is 4.98 Å². The molecule has 0 saturated carbocycles. The van der Waals surface area contributed by atoms with Gasteiger partial charge in [-0.25, -0.2) is 4.98 Å². The Morgan fingerprint density at radius 1 is 1.59 bits per heavy atom. The monoisotopic (exact) mass is 249 g/mol. The number of methoxy groups -OCH3 is 1. The van der Waals surface area contributed by atoms with E-state index in [1.165, 1.54) is 11.3 Å². The average Bonchev–Trinajstić information content (AvgIpc) is 2.69. The lowest BCUT2D eigenvalue weighted by atomic mass is 10.3. The quantitative estimate of drug-likeness (QED) is 0.905. The first-order valence-electron chi connectivity index (χ1n) is 5.02. The van der Waals surface area contributed by atoms with E-state index < -0.39 is 5.97 Å². The highest BCUT2D eigenvalue weighted by atomic mass is 32.1. The van der Waals surface area contributed by atoms with E-state index in [0.717, 1.165) is 21.0 Å². The van der Waals surface area contributed by atoms with E-state index >= 15 is 0 Å². The van der Waals surface area contributed by atoms with Gasteiger partial charge < -0.3 is 9.84 Å². The van der Waals surface area contributed by atoms with E-state index in [1.54, 1.807) is 19.3 Å². The largest absolute Gasteiger partial charge is 0.497 e. The summed E-state index contributed by atoms with van der Waals surface area (Å²) < 4.78 is 6.15. The maximum Gasteiger partial charge on any atom is 0.307 e. The van der Waals surface area contributed by atoms with Crippen molar-refractivity contribution in [2.24, 2.45) is 0 Å². The fourth-order valence-electron chi connectivity index (χ4n) is 1.38. The number of aromatic nitrogens is 1. The Morgan fingerprint density at radius 3 is 3.12 bits per heavy atom. The molecule has 0 unspecified atom stereocenters. The van der Waals surface area contributed by atoms with Crippen molar-refractivity contribution < 1.29 is 14.6 Å². The number of nitrogens with zero attached hydrogens (tertiary/aromatic N) is 1. The fraction of sp³-hybridized carbons (Fsp3) is 0.167. The molecule has 88 valence electrons. The second kappa shape index (κ2) is 4.97. The van der Waals surface area contributed by atoms with Gasteiger partial charge in [0, 0.05) is 0 Å². The molecule has 2 aromatic rings. The van der Waals surface area contributed by atoms with Crippen molar-refractivity contribution in [3.8, 4) is 5.75 Å². The second-order valence-electron chi connectivity index (χ2n) is 3.39. The molecule has 0 atom stereocenters. The number of aliphatic carboxylic acids is 1. The van der Waals surface area contributed by atoms with Crippen LogP contribution >= 0.6 is 11.3 Å². The molecular weight excluding hydrogens is 238 g/mol. The summed E-state index contributed by atoms with van der Waals surface area (Å²) in [6.07, 6.45) is 3.34. The lowest BCUT2D eigenvalue weighted by molar-refractivity contribution is -0.135. The molecule has 5 heteroatoms. The minimum atomic E-state index is -0.843. The topological polar surface area (TPSA) is 59.4 Å². The van der Waals surface area contributed by atoms with E-state index in [-0.39, 0.29) is 6.42 Å². The summed E-state index contributed by atoms with van der Waals surface area (Å²) in [5.74, 6) is -0.0498. The molecule has 2 rings (SSSR count). The molecule has 1 heterocycles. The van der Waals surface area contributed by atoms with Crippen LogP contribution in [-0.2, 0) is 4.79 Å². The molecule has 0 aliphatic heterocycles. The zero-order chi connectivity index (χ0) is 12.3. The summed E-state index contributed by atoms with van der Waals surface area (Å²) in [7, 11) is 1.62. The number of ether oxygens (including phenoxy) is 1. The molecule has 4 nitrogen and oxygen atoms in total. The molecule has 17 heavy (non-hydrogen) atoms. The number of rotatable bonds is 4. The molecule has 0 bridgehead atoms. The number of fused-ring (bicyclic) bond motifs is 1. The van der Waals surface area contributed by atoms with Crippen molar-refractivity contribution in [2.75, 3.05) is 7.11 Å². The van der Waals surface area contributed by atoms with Crippen LogP contribution in [0.3, 0.4) is 0 Å². The van der Waals surface area contributed by atoms with Gasteiger partial charge >= 0.3 is 5.97 Å². The molecule has 0 spiro atoms. The second-order valence-corrected chi connectivity index (χ2v) is 4.45. The Kier molecular flexibility index (Phi) is 3.39. The zero-order valence-corrected chi connectivity index (χ0v) is 10.0. The number of hydrogen-bond donors (Lipinski definition) is 1. The van der Waals surface area contributed by atoms with Gasteiger partial charge in [-0.15, -0.1) is 11.3 Å². The maximum atomic E-state index is 10.4. The smallest absolute Gasteiger partial charge is 0.307 e. The van der Waals surface area contributed by atoms with Gasteiger partial charge in [0.1, 0.15) is 10.8 Å². The molecule has 0 fully saturated rings. The van der Waals surface area contributed by atoms with Crippen LogP contribution in [0.25, 0.3) is 16.3 Å². The molecule has 1 aromatic heterocycles. The maximum absolute atomic E-state index is 10.4. The molecule has 0 aliphatic carbocycles. The van der Waals surface area contributed by atoms with E-state index in [2.05, 4.69) is 4.98 Å². The van der Waals surface area contributed by atoms with E-state index in [0.29, 0.717) is 0 Å². The molecule has 1 N–H and O–H groups in total. The summed E-state index contributed by atoms with van der Waals surface area (Å²) >= 11 is 1.51. The molecule has 0 radical (unpaired) electrons. The number of carboxylic acids is 1. The van der Waals surface area contributed by atoms with E-state index in [9.17, 15) is 4.79 Å². The summed E-state index contributed by atoms with van der Waals surface area (Å²) in [6.45, 7) is 0. The van der Waals surface area contributed by atoms with Gasteiger partial charge in [-0.1, -0.05) is 6.08 Å². The van der Waals surface area contributed by atoms with Gasteiger partial charge in [0.05, 0.1) is 23.7 Å². The standard InChI is InChI=1S/C12H11NO3S/c1-16-8-5-6-9-10(7-8)17-11(13-9)3-2-4-12(14)15/h2-3,5-7H,4H2,1H3,(H,14,15). The van der Waals surface area contributed by atoms with Crippen molar-refractivity contribution in [1.29, 1.82) is 0 Å². The molecule has 0 saturated heterocycles. The minimum absolute atomic E-state index is 0.0131. The van der Waals surface area contributed by atoms with Gasteiger partial charge in [-0.3, -0.25) is 4.79 Å². The van der Waals surface area contributed by atoms with Crippen molar-refractivity contribution >= 4 is 33.6 Å². The van der Waals surface area contributed by atoms with Crippen molar-refractivity contribution in [3.63, 3.8) is 0 Å². The van der Waals surface area contributed by atoms with Crippen molar-refractivity contribution in [2.45, 2.75) is 6.42 Å². The van der Waals surface area contributed by atoms with E-state index in [4.69, 9.17) is 9.84 Å². The minimum Gasteiger partial charge on any atom is -0.497 e. The summed E-state index contributed by atoms with van der Waals surface area (Å²) in [4.78, 5) is 14.7. The predicted molar refractivity (Wildman–Crippen MR) is 67.5 cm³/mol. The van der Waals surface area contributed by atoms with Crippen LogP contribution in [0, 0.1) is 0 Å². The SMILES string of the molecule is COc1ccc2nc(C=CCC(=O)O)sc2c1. The first-order chi connectivity index (χ1) is 8.19. The summed E-state index contributed by atoms with van der Waals surface area (Å²) in [5.41, 5.74) is 0.894. The van der Waals surface area contributed by atoms with Crippen molar-refractivity contribution in [3.05, 3.63) is 29.3 Å². The summed E-state index contributed by atoms with van der Waals surface area (Å²) in [5, 5.41) is 9.32. The Labute approximate surface area is 102 Å². The molecule has 1 aromatic carbocycles. The highest BCUT2D eigenvalue weighted by Gasteiger charge is 2.02. The van der Waals surface area contributed by atoms with E-state index in [1.807, 2.05) is 18.2 Å². The fourth-order valence-corrected chi connectivity index (χ4v) is 2.31. The lowest BCUT2D eigenvalue weighted by Crippen LogP contribution is -1.89. The van der Waals surface area contributed by atoms with Crippen LogP contribution in [0.5, 0.6) is 5.75 Å². The first-order valence-corrected chi connectivity index (χ1v) is 5.83. The highest BCUT2D eigenvalue weighted by molar-refractivity contribution is 7.19. The number of benzene rings is 1. The Hall–Kier alpha value is -1.88. The number of thiazole rings is 1. The van der Waals surface area contributed by atoms with Crippen LogP contribution in [0.1, 0.15) is 11.4 Å². The third kappa shape index (κ3) is 2.82. The molecule has 0 amide bonds. The molecule has 0 aliphatic rings. The van der Waals surface area contributed by atoms with Crippen LogP contribution in [0.15, 0.2) is 24.3 Å². The third-order valence-corrected chi connectivity index (χ3v) is 3.15. The Bertz CT molecular complexity index is 574. The number of carbonyl (C=O) groups is 1. The highest BCUT2D eigenvalue weighted by Crippen LogP contribution is 2.26. The first kappa shape index (κ1) is 11.6. The van der Waals surface area contributed by atoms with Gasteiger partial charge in [0.25, 0.3) is 0 Å². The lowest BCUT2D eigenvalue weighted by Gasteiger charge is -1.96. The third-order valence-electron chi connectivity index (χ3n) is 2.17. The molecular formula is C12H11NO3S.